The topological polar surface area (TPSA) is 34.1 Å². The molecule has 1 aromatic carbocycles. The number of nitrogens with zero attached hydrogens (tertiary/aromatic N) is 4. The highest BCUT2D eigenvalue weighted by Crippen LogP contribution is 2.06. The lowest BCUT2D eigenvalue weighted by Gasteiger charge is -2.23. The van der Waals surface area contributed by atoms with Gasteiger partial charge in [-0.15, -0.1) is 24.0 Å². The molecule has 1 aromatic rings. The van der Waals surface area contributed by atoms with Crippen molar-refractivity contribution in [1.82, 2.24) is 20.0 Å². The van der Waals surface area contributed by atoms with Gasteiger partial charge in [0, 0.05) is 40.3 Å². The molecule has 1 saturated heterocycles. The number of guanidine groups is 1. The summed E-state index contributed by atoms with van der Waals surface area (Å²) in [7, 11) is 6.18. The van der Waals surface area contributed by atoms with E-state index in [2.05, 4.69) is 70.3 Å². The van der Waals surface area contributed by atoms with Crippen LogP contribution in [0, 0.1) is 6.92 Å². The van der Waals surface area contributed by atoms with Crippen molar-refractivity contribution in [3.63, 3.8) is 0 Å². The fourth-order valence-electron chi connectivity index (χ4n) is 3.25. The lowest BCUT2D eigenvalue weighted by molar-refractivity contribution is 0.273. The lowest BCUT2D eigenvalue weighted by atomic mass is 10.1. The Hall–Kier alpha value is -0.860. The zero-order chi connectivity index (χ0) is 18.1. The minimum Gasteiger partial charge on any atom is -0.356 e. The zero-order valence-electron chi connectivity index (χ0n) is 16.9. The maximum Gasteiger partial charge on any atom is 0.193 e. The van der Waals surface area contributed by atoms with Gasteiger partial charge in [-0.05, 0) is 52.0 Å². The van der Waals surface area contributed by atoms with Crippen LogP contribution in [0.4, 0.5) is 0 Å². The van der Waals surface area contributed by atoms with Gasteiger partial charge in [0.05, 0.1) is 0 Å². The molecule has 6 heteroatoms. The third kappa shape index (κ3) is 8.22. The molecule has 1 N–H and O–H groups in total. The predicted molar refractivity (Wildman–Crippen MR) is 123 cm³/mol. The minimum absolute atomic E-state index is 0. The molecule has 148 valence electrons. The molecule has 1 aliphatic heterocycles. The first kappa shape index (κ1) is 23.2. The monoisotopic (exact) mass is 473 g/mol. The summed E-state index contributed by atoms with van der Waals surface area (Å²) in [5, 5.41) is 3.50. The smallest absolute Gasteiger partial charge is 0.193 e. The minimum atomic E-state index is 0. The molecule has 0 amide bonds. The van der Waals surface area contributed by atoms with Gasteiger partial charge in [0.15, 0.2) is 5.96 Å². The van der Waals surface area contributed by atoms with E-state index >= 15 is 0 Å². The van der Waals surface area contributed by atoms with Crippen molar-refractivity contribution < 1.29 is 0 Å². The SMILES string of the molecule is CN=C(NCCCN1CCCN(C)CC1)N(C)Cc1ccc(C)cc1.I. The molecule has 0 aromatic heterocycles. The average Bonchev–Trinajstić information content (AvgIpc) is 2.81. The van der Waals surface area contributed by atoms with Crippen LogP contribution >= 0.6 is 24.0 Å². The van der Waals surface area contributed by atoms with E-state index < -0.39 is 0 Å². The number of aliphatic imine (C=N–C) groups is 1. The Morgan fingerprint density at radius 3 is 2.58 bits per heavy atom. The lowest BCUT2D eigenvalue weighted by Crippen LogP contribution is -2.40. The van der Waals surface area contributed by atoms with Gasteiger partial charge >= 0.3 is 0 Å². The number of benzene rings is 1. The van der Waals surface area contributed by atoms with Crippen LogP contribution < -0.4 is 5.32 Å². The number of likely N-dealkylation sites (N-methyl/N-ethyl adjacent to an activating group) is 1. The largest absolute Gasteiger partial charge is 0.356 e. The van der Waals surface area contributed by atoms with E-state index in [1.165, 1.54) is 50.3 Å². The van der Waals surface area contributed by atoms with E-state index in [4.69, 9.17) is 0 Å². The molecule has 0 atom stereocenters. The van der Waals surface area contributed by atoms with Crippen LogP contribution in [-0.4, -0.2) is 81.1 Å². The first-order valence-electron chi connectivity index (χ1n) is 9.46. The summed E-state index contributed by atoms with van der Waals surface area (Å²) in [6, 6.07) is 8.71. The molecule has 2 rings (SSSR count). The standard InChI is InChI=1S/C20H35N5.HI/c1-18-7-9-19(10-8-18)17-24(4)20(21-2)22-11-5-13-25-14-6-12-23(3)15-16-25;/h7-10H,5-6,11-17H2,1-4H3,(H,21,22);1H. The van der Waals surface area contributed by atoms with Crippen LogP contribution in [0.2, 0.25) is 0 Å². The number of halogens is 1. The quantitative estimate of drug-likeness (QED) is 0.298. The normalized spacial score (nSPS) is 16.7. The van der Waals surface area contributed by atoms with Gasteiger partial charge in [0.25, 0.3) is 0 Å². The van der Waals surface area contributed by atoms with Gasteiger partial charge in [-0.3, -0.25) is 4.99 Å². The Balaban J connectivity index is 0.00000338. The van der Waals surface area contributed by atoms with E-state index in [1.807, 2.05) is 7.05 Å². The molecular formula is C20H36IN5. The number of hydrogen-bond donors (Lipinski definition) is 1. The third-order valence-electron chi connectivity index (χ3n) is 4.86. The van der Waals surface area contributed by atoms with Crippen LogP contribution in [0.15, 0.2) is 29.3 Å². The molecule has 26 heavy (non-hydrogen) atoms. The van der Waals surface area contributed by atoms with Crippen molar-refractivity contribution in [2.75, 3.05) is 60.4 Å². The number of nitrogens with one attached hydrogen (secondary N) is 1. The summed E-state index contributed by atoms with van der Waals surface area (Å²) in [4.78, 5) is 11.6. The van der Waals surface area contributed by atoms with Gasteiger partial charge in [0.2, 0.25) is 0 Å². The van der Waals surface area contributed by atoms with Crippen molar-refractivity contribution in [3.05, 3.63) is 35.4 Å². The number of aryl methyl sites for hydroxylation is 1. The second kappa shape index (κ2) is 12.5. The molecule has 0 aliphatic carbocycles. The van der Waals surface area contributed by atoms with Gasteiger partial charge in [-0.1, -0.05) is 29.8 Å². The van der Waals surface area contributed by atoms with Crippen LogP contribution in [0.1, 0.15) is 24.0 Å². The fraction of sp³-hybridized carbons (Fsp3) is 0.650. The Kier molecular flexibility index (Phi) is 11.2. The third-order valence-corrected chi connectivity index (χ3v) is 4.86. The van der Waals surface area contributed by atoms with E-state index in [9.17, 15) is 0 Å². The number of hydrogen-bond acceptors (Lipinski definition) is 3. The highest BCUT2D eigenvalue weighted by molar-refractivity contribution is 14.0. The van der Waals surface area contributed by atoms with Crippen molar-refractivity contribution in [2.24, 2.45) is 4.99 Å². The Morgan fingerprint density at radius 1 is 1.15 bits per heavy atom. The zero-order valence-corrected chi connectivity index (χ0v) is 19.2. The molecule has 1 fully saturated rings. The van der Waals surface area contributed by atoms with Crippen LogP contribution in [-0.2, 0) is 6.54 Å². The summed E-state index contributed by atoms with van der Waals surface area (Å²) in [5.74, 6) is 0.969. The summed E-state index contributed by atoms with van der Waals surface area (Å²) < 4.78 is 0. The molecule has 0 spiro atoms. The molecule has 0 saturated carbocycles. The van der Waals surface area contributed by atoms with Crippen molar-refractivity contribution in [1.29, 1.82) is 0 Å². The van der Waals surface area contributed by atoms with Crippen LogP contribution in [0.25, 0.3) is 0 Å². The fourth-order valence-corrected chi connectivity index (χ4v) is 3.25. The van der Waals surface area contributed by atoms with Crippen molar-refractivity contribution in [3.8, 4) is 0 Å². The van der Waals surface area contributed by atoms with Gasteiger partial charge in [-0.25, -0.2) is 0 Å². The first-order valence-corrected chi connectivity index (χ1v) is 9.46. The molecule has 1 aliphatic rings. The molecule has 0 radical (unpaired) electrons. The van der Waals surface area contributed by atoms with Crippen LogP contribution in [0.3, 0.4) is 0 Å². The van der Waals surface area contributed by atoms with Crippen LogP contribution in [0.5, 0.6) is 0 Å². The van der Waals surface area contributed by atoms with E-state index in [0.29, 0.717) is 0 Å². The van der Waals surface area contributed by atoms with Crippen molar-refractivity contribution in [2.45, 2.75) is 26.3 Å². The Morgan fingerprint density at radius 2 is 1.88 bits per heavy atom. The second-order valence-corrected chi connectivity index (χ2v) is 7.17. The molecule has 1 heterocycles. The van der Waals surface area contributed by atoms with E-state index in [0.717, 1.165) is 25.5 Å². The maximum absolute atomic E-state index is 4.42. The highest BCUT2D eigenvalue weighted by atomic mass is 127. The Bertz CT molecular complexity index is 532. The number of rotatable bonds is 6. The summed E-state index contributed by atoms with van der Waals surface area (Å²) >= 11 is 0. The molecule has 5 nitrogen and oxygen atoms in total. The molecular weight excluding hydrogens is 437 g/mol. The predicted octanol–water partition coefficient (Wildman–Crippen LogP) is 2.65. The van der Waals surface area contributed by atoms with E-state index in [1.54, 1.807) is 0 Å². The maximum atomic E-state index is 4.42. The molecule has 0 bridgehead atoms. The summed E-state index contributed by atoms with van der Waals surface area (Å²) in [6.45, 7) is 9.97. The molecule has 0 unspecified atom stereocenters. The van der Waals surface area contributed by atoms with Gasteiger partial charge in [-0.2, -0.15) is 0 Å². The van der Waals surface area contributed by atoms with Gasteiger partial charge in [0.1, 0.15) is 0 Å². The van der Waals surface area contributed by atoms with Crippen molar-refractivity contribution >= 4 is 29.9 Å². The highest BCUT2D eigenvalue weighted by Gasteiger charge is 2.11. The summed E-state index contributed by atoms with van der Waals surface area (Å²) in [6.07, 6.45) is 2.44. The Labute approximate surface area is 176 Å². The average molecular weight is 473 g/mol. The van der Waals surface area contributed by atoms with E-state index in [-0.39, 0.29) is 24.0 Å². The second-order valence-electron chi connectivity index (χ2n) is 7.17. The summed E-state index contributed by atoms with van der Waals surface area (Å²) in [5.41, 5.74) is 2.61. The van der Waals surface area contributed by atoms with Gasteiger partial charge < -0.3 is 20.0 Å². The first-order chi connectivity index (χ1) is 12.1.